The predicted octanol–water partition coefficient (Wildman–Crippen LogP) is 3.22. The van der Waals surface area contributed by atoms with E-state index in [9.17, 15) is 9.90 Å². The molecule has 2 aromatic rings. The number of carbonyl (C=O) groups excluding carboxylic acids is 1. The van der Waals surface area contributed by atoms with Crippen molar-refractivity contribution in [3.8, 4) is 0 Å². The van der Waals surface area contributed by atoms with Crippen LogP contribution in [0.2, 0.25) is 5.15 Å². The second-order valence-corrected chi connectivity index (χ2v) is 7.12. The number of hydrogen-bond acceptors (Lipinski definition) is 4. The molecule has 0 spiro atoms. The number of urea groups is 1. The molecule has 3 rings (SSSR count). The second-order valence-electron chi connectivity index (χ2n) is 6.73. The molecule has 2 amide bonds. The zero-order valence-corrected chi connectivity index (χ0v) is 15.2. The van der Waals surface area contributed by atoms with Crippen LogP contribution in [0.3, 0.4) is 0 Å². The maximum absolute atomic E-state index is 12.5. The molecule has 1 aromatic heterocycles. The van der Waals surface area contributed by atoms with Gasteiger partial charge in [-0.05, 0) is 18.4 Å². The first-order valence-corrected chi connectivity index (χ1v) is 9.17. The van der Waals surface area contributed by atoms with Crippen molar-refractivity contribution < 1.29 is 9.90 Å². The summed E-state index contributed by atoms with van der Waals surface area (Å²) < 4.78 is 0. The molecule has 1 aromatic carbocycles. The topological polar surface area (TPSA) is 87.1 Å². The van der Waals surface area contributed by atoms with Crippen LogP contribution in [-0.2, 0) is 6.54 Å². The van der Waals surface area contributed by atoms with Crippen molar-refractivity contribution in [1.29, 1.82) is 0 Å². The fraction of sp³-hybridized carbons (Fsp3) is 0.421. The smallest absolute Gasteiger partial charge is 0.315 e. The maximum atomic E-state index is 12.5. The first-order chi connectivity index (χ1) is 12.6. The summed E-state index contributed by atoms with van der Waals surface area (Å²) in [6.45, 7) is 0.305. The number of aliphatic hydroxyl groups is 1. The number of amides is 2. The minimum absolute atomic E-state index is 0.0511. The van der Waals surface area contributed by atoms with E-state index in [2.05, 4.69) is 20.6 Å². The zero-order valence-electron chi connectivity index (χ0n) is 14.5. The summed E-state index contributed by atoms with van der Waals surface area (Å²) >= 11 is 5.72. The van der Waals surface area contributed by atoms with Crippen LogP contribution in [0.5, 0.6) is 0 Å². The van der Waals surface area contributed by atoms with Gasteiger partial charge in [-0.1, -0.05) is 54.8 Å². The van der Waals surface area contributed by atoms with E-state index in [1.165, 1.54) is 12.4 Å². The van der Waals surface area contributed by atoms with E-state index in [0.29, 0.717) is 10.8 Å². The van der Waals surface area contributed by atoms with Gasteiger partial charge in [0.15, 0.2) is 0 Å². The van der Waals surface area contributed by atoms with Crippen molar-refractivity contribution in [2.75, 3.05) is 6.61 Å². The van der Waals surface area contributed by atoms with Crippen LogP contribution in [0.1, 0.15) is 43.0 Å². The molecule has 1 heterocycles. The number of halogens is 1. The summed E-state index contributed by atoms with van der Waals surface area (Å²) in [6.07, 6.45) is 6.89. The van der Waals surface area contributed by atoms with E-state index in [4.69, 9.17) is 11.6 Å². The number of aliphatic hydroxyl groups excluding tert-OH is 1. The maximum Gasteiger partial charge on any atom is 0.315 e. The van der Waals surface area contributed by atoms with Crippen molar-refractivity contribution in [2.45, 2.75) is 38.3 Å². The highest BCUT2D eigenvalue weighted by atomic mass is 35.5. The van der Waals surface area contributed by atoms with Gasteiger partial charge in [-0.2, -0.15) is 0 Å². The lowest BCUT2D eigenvalue weighted by atomic mass is 9.76. The van der Waals surface area contributed by atoms with Crippen LogP contribution in [0.25, 0.3) is 0 Å². The van der Waals surface area contributed by atoms with Gasteiger partial charge in [0, 0.05) is 5.41 Å². The van der Waals surface area contributed by atoms with Crippen LogP contribution in [0.4, 0.5) is 4.79 Å². The normalized spacial score (nSPS) is 16.8. The Balaban J connectivity index is 1.71. The Morgan fingerprint density at radius 3 is 2.54 bits per heavy atom. The summed E-state index contributed by atoms with van der Waals surface area (Å²) in [6, 6.07) is 9.29. The van der Waals surface area contributed by atoms with Gasteiger partial charge >= 0.3 is 6.03 Å². The van der Waals surface area contributed by atoms with Gasteiger partial charge in [0.25, 0.3) is 0 Å². The molecular formula is C19H23ClN4O2. The molecule has 1 aliphatic rings. The Morgan fingerprint density at radius 1 is 1.19 bits per heavy atom. The summed E-state index contributed by atoms with van der Waals surface area (Å²) in [4.78, 5) is 20.6. The zero-order chi connectivity index (χ0) is 18.4. The molecule has 1 fully saturated rings. The van der Waals surface area contributed by atoms with E-state index in [1.54, 1.807) is 0 Å². The Hall–Kier alpha value is -2.18. The quantitative estimate of drug-likeness (QED) is 0.724. The number of rotatable bonds is 6. The fourth-order valence-electron chi connectivity index (χ4n) is 3.64. The van der Waals surface area contributed by atoms with Crippen LogP contribution in [0.15, 0.2) is 42.7 Å². The third-order valence-corrected chi connectivity index (χ3v) is 5.23. The van der Waals surface area contributed by atoms with E-state index in [0.717, 1.165) is 31.2 Å². The minimum atomic E-state index is -0.321. The van der Waals surface area contributed by atoms with Crippen LogP contribution in [0, 0.1) is 5.41 Å². The molecule has 6 nitrogen and oxygen atoms in total. The van der Waals surface area contributed by atoms with Crippen molar-refractivity contribution in [3.05, 3.63) is 59.1 Å². The number of aromatic nitrogens is 2. The van der Waals surface area contributed by atoms with Crippen LogP contribution in [-0.4, -0.2) is 27.7 Å². The minimum Gasteiger partial charge on any atom is -0.396 e. The van der Waals surface area contributed by atoms with Crippen LogP contribution >= 0.6 is 11.6 Å². The molecule has 26 heavy (non-hydrogen) atoms. The van der Waals surface area contributed by atoms with E-state index >= 15 is 0 Å². The van der Waals surface area contributed by atoms with E-state index < -0.39 is 0 Å². The lowest BCUT2D eigenvalue weighted by Crippen LogP contribution is -2.45. The molecular weight excluding hydrogens is 352 g/mol. The van der Waals surface area contributed by atoms with Crippen molar-refractivity contribution in [2.24, 2.45) is 5.41 Å². The molecule has 138 valence electrons. The Bertz CT molecular complexity index is 718. The number of benzene rings is 1. The van der Waals surface area contributed by atoms with Gasteiger partial charge in [-0.25, -0.2) is 9.78 Å². The SMILES string of the molecule is O=C(NCc1cnc(Cl)cn1)NC(c1ccccc1)C1(CO)CCCC1. The second kappa shape index (κ2) is 8.47. The predicted molar refractivity (Wildman–Crippen MR) is 99.6 cm³/mol. The molecule has 0 bridgehead atoms. The summed E-state index contributed by atoms with van der Waals surface area (Å²) in [5.41, 5.74) is 1.31. The summed E-state index contributed by atoms with van der Waals surface area (Å²) in [7, 11) is 0. The molecule has 1 atom stereocenters. The number of nitrogens with zero attached hydrogens (tertiary/aromatic N) is 2. The first kappa shape index (κ1) is 18.6. The largest absolute Gasteiger partial charge is 0.396 e. The highest BCUT2D eigenvalue weighted by Gasteiger charge is 2.42. The van der Waals surface area contributed by atoms with E-state index in [1.807, 2.05) is 30.3 Å². The molecule has 1 saturated carbocycles. The standard InChI is InChI=1S/C19H23ClN4O2/c20-16-12-21-15(10-22-16)11-23-18(26)24-17(14-6-2-1-3-7-14)19(13-25)8-4-5-9-19/h1-3,6-7,10,12,17,25H,4-5,8-9,11,13H2,(H2,23,24,26). The highest BCUT2D eigenvalue weighted by molar-refractivity contribution is 6.29. The van der Waals surface area contributed by atoms with Gasteiger partial charge in [-0.3, -0.25) is 4.98 Å². The Morgan fingerprint density at radius 2 is 1.92 bits per heavy atom. The molecule has 7 heteroatoms. The molecule has 1 unspecified atom stereocenters. The monoisotopic (exact) mass is 374 g/mol. The number of carbonyl (C=O) groups is 1. The third kappa shape index (κ3) is 4.31. The molecule has 1 aliphatic carbocycles. The van der Waals surface area contributed by atoms with Crippen molar-refractivity contribution >= 4 is 17.6 Å². The molecule has 0 saturated heterocycles. The third-order valence-electron chi connectivity index (χ3n) is 5.04. The Labute approximate surface area is 158 Å². The molecule has 0 aliphatic heterocycles. The fourth-order valence-corrected chi connectivity index (χ4v) is 3.73. The average Bonchev–Trinajstić information content (AvgIpc) is 3.16. The average molecular weight is 375 g/mol. The number of nitrogens with one attached hydrogen (secondary N) is 2. The molecule has 0 radical (unpaired) electrons. The molecule has 3 N–H and O–H groups in total. The lowest BCUT2D eigenvalue weighted by molar-refractivity contribution is 0.0892. The summed E-state index contributed by atoms with van der Waals surface area (Å²) in [5.74, 6) is 0. The van der Waals surface area contributed by atoms with Gasteiger partial charge in [0.05, 0.1) is 37.3 Å². The van der Waals surface area contributed by atoms with Crippen LogP contribution < -0.4 is 10.6 Å². The Kier molecular flexibility index (Phi) is 6.06. The first-order valence-electron chi connectivity index (χ1n) is 8.79. The van der Waals surface area contributed by atoms with Crippen molar-refractivity contribution in [3.63, 3.8) is 0 Å². The van der Waals surface area contributed by atoms with Gasteiger partial charge < -0.3 is 15.7 Å². The van der Waals surface area contributed by atoms with Crippen molar-refractivity contribution in [1.82, 2.24) is 20.6 Å². The lowest BCUT2D eigenvalue weighted by Gasteiger charge is -2.37. The van der Waals surface area contributed by atoms with E-state index in [-0.39, 0.29) is 30.6 Å². The number of hydrogen-bond donors (Lipinski definition) is 3. The van der Waals surface area contributed by atoms with Gasteiger partial charge in [0.2, 0.25) is 0 Å². The highest BCUT2D eigenvalue weighted by Crippen LogP contribution is 2.47. The summed E-state index contributed by atoms with van der Waals surface area (Å²) in [5, 5.41) is 16.3. The van der Waals surface area contributed by atoms with Gasteiger partial charge in [0.1, 0.15) is 5.15 Å². The van der Waals surface area contributed by atoms with Gasteiger partial charge in [-0.15, -0.1) is 0 Å².